The van der Waals surface area contributed by atoms with Crippen molar-refractivity contribution in [1.29, 1.82) is 0 Å². The molecule has 4 aromatic carbocycles. The van der Waals surface area contributed by atoms with Gasteiger partial charge in [-0.3, -0.25) is 0 Å². The molecule has 0 fully saturated rings. The van der Waals surface area contributed by atoms with Gasteiger partial charge in [-0.15, -0.1) is 0 Å². The molecular weight excluding hydrogens is 368 g/mol. The standard InChI is InChI=1S/C27H26OSi/c1-22-18-20-24(21-19-22)23(2)28-29(25-12-6-3-7-13-25,26-14-8-4-9-15-26)27-16-10-5-11-17-27/h3-21,23H,1-2H3. The summed E-state index contributed by atoms with van der Waals surface area (Å²) in [6.07, 6.45) is -0.0251. The third kappa shape index (κ3) is 3.95. The number of rotatable bonds is 6. The van der Waals surface area contributed by atoms with Gasteiger partial charge in [0.2, 0.25) is 0 Å². The summed E-state index contributed by atoms with van der Waals surface area (Å²) in [6.45, 7) is 4.29. The Morgan fingerprint density at radius 1 is 0.552 bits per heavy atom. The molecule has 0 aliphatic rings. The lowest BCUT2D eigenvalue weighted by molar-refractivity contribution is 0.229. The van der Waals surface area contributed by atoms with E-state index in [-0.39, 0.29) is 6.10 Å². The van der Waals surface area contributed by atoms with Gasteiger partial charge in [0, 0.05) is 0 Å². The van der Waals surface area contributed by atoms with Crippen LogP contribution in [0.25, 0.3) is 0 Å². The van der Waals surface area contributed by atoms with Gasteiger partial charge in [0.15, 0.2) is 0 Å². The Kier molecular flexibility index (Phi) is 5.75. The van der Waals surface area contributed by atoms with E-state index >= 15 is 0 Å². The lowest BCUT2D eigenvalue weighted by Gasteiger charge is -2.36. The highest BCUT2D eigenvalue weighted by Crippen LogP contribution is 2.23. The number of hydrogen-bond acceptors (Lipinski definition) is 1. The fourth-order valence-corrected chi connectivity index (χ4v) is 7.95. The Balaban J connectivity index is 1.91. The van der Waals surface area contributed by atoms with Crippen molar-refractivity contribution in [2.45, 2.75) is 20.0 Å². The quantitative estimate of drug-likeness (QED) is 0.339. The van der Waals surface area contributed by atoms with Crippen molar-refractivity contribution in [1.82, 2.24) is 0 Å². The maximum absolute atomic E-state index is 7.16. The van der Waals surface area contributed by atoms with E-state index in [9.17, 15) is 0 Å². The first-order valence-electron chi connectivity index (χ1n) is 10.1. The molecule has 4 aromatic rings. The van der Waals surface area contributed by atoms with Gasteiger partial charge in [0.1, 0.15) is 0 Å². The normalized spacial score (nSPS) is 12.5. The van der Waals surface area contributed by atoms with Gasteiger partial charge < -0.3 is 4.43 Å². The predicted molar refractivity (Wildman–Crippen MR) is 125 cm³/mol. The zero-order valence-corrected chi connectivity index (χ0v) is 18.0. The SMILES string of the molecule is Cc1ccc(C(C)O[Si](c2ccccc2)(c2ccccc2)c2ccccc2)cc1. The molecule has 0 saturated carbocycles. The van der Waals surface area contributed by atoms with E-state index in [2.05, 4.69) is 129 Å². The fourth-order valence-electron chi connectivity index (χ4n) is 3.89. The van der Waals surface area contributed by atoms with E-state index < -0.39 is 8.32 Å². The van der Waals surface area contributed by atoms with Gasteiger partial charge in [-0.05, 0) is 35.0 Å². The fraction of sp³-hybridized carbons (Fsp3) is 0.111. The minimum absolute atomic E-state index is 0.0251. The first kappa shape index (κ1) is 19.4. The van der Waals surface area contributed by atoms with Crippen LogP contribution >= 0.6 is 0 Å². The van der Waals surface area contributed by atoms with Crippen LogP contribution < -0.4 is 15.6 Å². The molecule has 0 spiro atoms. The smallest absolute Gasteiger partial charge is 0.288 e. The molecule has 0 N–H and O–H groups in total. The summed E-state index contributed by atoms with van der Waals surface area (Å²) in [4.78, 5) is 0. The maximum atomic E-state index is 7.16. The van der Waals surface area contributed by atoms with E-state index in [0.717, 1.165) is 0 Å². The topological polar surface area (TPSA) is 9.23 Å². The van der Waals surface area contributed by atoms with Crippen molar-refractivity contribution >= 4 is 23.9 Å². The van der Waals surface area contributed by atoms with Gasteiger partial charge in [-0.1, -0.05) is 121 Å². The molecule has 4 rings (SSSR count). The second kappa shape index (κ2) is 8.60. The van der Waals surface area contributed by atoms with Crippen LogP contribution in [0.15, 0.2) is 115 Å². The zero-order chi connectivity index (χ0) is 20.1. The molecule has 0 amide bonds. The van der Waals surface area contributed by atoms with Gasteiger partial charge in [0.05, 0.1) is 6.10 Å². The Morgan fingerprint density at radius 3 is 1.31 bits per heavy atom. The summed E-state index contributed by atoms with van der Waals surface area (Å²) >= 11 is 0. The summed E-state index contributed by atoms with van der Waals surface area (Å²) in [5.74, 6) is 0. The summed E-state index contributed by atoms with van der Waals surface area (Å²) in [7, 11) is -2.68. The molecule has 0 aromatic heterocycles. The largest absolute Gasteiger partial charge is 0.397 e. The maximum Gasteiger partial charge on any atom is 0.288 e. The molecule has 0 radical (unpaired) electrons. The lowest BCUT2D eigenvalue weighted by Crippen LogP contribution is -2.69. The van der Waals surface area contributed by atoms with E-state index in [1.807, 2.05) is 0 Å². The van der Waals surface area contributed by atoms with Crippen LogP contribution in [0.2, 0.25) is 0 Å². The molecule has 0 bridgehead atoms. The highest BCUT2D eigenvalue weighted by molar-refractivity contribution is 7.07. The van der Waals surface area contributed by atoms with Gasteiger partial charge in [-0.2, -0.15) is 0 Å². The van der Waals surface area contributed by atoms with Crippen LogP contribution in [0.4, 0.5) is 0 Å². The summed E-state index contributed by atoms with van der Waals surface area (Å²) in [5, 5.41) is 3.78. The Hall–Kier alpha value is -2.94. The minimum Gasteiger partial charge on any atom is -0.397 e. The molecule has 1 nitrogen and oxygen atoms in total. The first-order chi connectivity index (χ1) is 14.2. The van der Waals surface area contributed by atoms with Crippen LogP contribution in [-0.4, -0.2) is 8.32 Å². The van der Waals surface area contributed by atoms with E-state index in [0.29, 0.717) is 0 Å². The molecule has 0 aliphatic carbocycles. The summed E-state index contributed by atoms with van der Waals surface area (Å²) in [5.41, 5.74) is 2.47. The average molecular weight is 395 g/mol. The highest BCUT2D eigenvalue weighted by atomic mass is 28.4. The molecule has 0 aliphatic heterocycles. The number of benzene rings is 4. The Labute approximate surface area is 174 Å². The highest BCUT2D eigenvalue weighted by Gasteiger charge is 2.43. The van der Waals surface area contributed by atoms with Crippen LogP contribution in [-0.2, 0) is 4.43 Å². The summed E-state index contributed by atoms with van der Waals surface area (Å²) in [6, 6.07) is 40.9. The molecule has 0 saturated heterocycles. The molecule has 1 atom stereocenters. The van der Waals surface area contributed by atoms with E-state index in [1.165, 1.54) is 26.7 Å². The third-order valence-electron chi connectivity index (χ3n) is 5.44. The second-order valence-electron chi connectivity index (χ2n) is 7.45. The second-order valence-corrected chi connectivity index (χ2v) is 10.8. The molecule has 144 valence electrons. The van der Waals surface area contributed by atoms with Gasteiger partial charge >= 0.3 is 0 Å². The Morgan fingerprint density at radius 2 is 0.931 bits per heavy atom. The zero-order valence-electron chi connectivity index (χ0n) is 17.0. The van der Waals surface area contributed by atoms with Crippen LogP contribution in [0.5, 0.6) is 0 Å². The molecule has 0 heterocycles. The molecule has 29 heavy (non-hydrogen) atoms. The van der Waals surface area contributed by atoms with E-state index in [1.54, 1.807) is 0 Å². The summed E-state index contributed by atoms with van der Waals surface area (Å²) < 4.78 is 7.16. The molecular formula is C27H26OSi. The lowest BCUT2D eigenvalue weighted by atomic mass is 10.1. The van der Waals surface area contributed by atoms with Crippen molar-refractivity contribution in [2.75, 3.05) is 0 Å². The van der Waals surface area contributed by atoms with Crippen molar-refractivity contribution in [3.63, 3.8) is 0 Å². The number of hydrogen-bond donors (Lipinski definition) is 0. The minimum atomic E-state index is -2.68. The van der Waals surface area contributed by atoms with Crippen molar-refractivity contribution < 1.29 is 4.43 Å². The molecule has 1 unspecified atom stereocenters. The van der Waals surface area contributed by atoms with Crippen LogP contribution in [0.3, 0.4) is 0 Å². The monoisotopic (exact) mass is 394 g/mol. The third-order valence-corrected chi connectivity index (χ3v) is 9.59. The van der Waals surface area contributed by atoms with Crippen molar-refractivity contribution in [2.24, 2.45) is 0 Å². The van der Waals surface area contributed by atoms with Gasteiger partial charge in [-0.25, -0.2) is 0 Å². The van der Waals surface area contributed by atoms with Crippen LogP contribution in [0, 0.1) is 6.92 Å². The first-order valence-corrected chi connectivity index (χ1v) is 12.0. The average Bonchev–Trinajstić information content (AvgIpc) is 2.79. The van der Waals surface area contributed by atoms with Crippen LogP contribution in [0.1, 0.15) is 24.2 Å². The molecule has 2 heteroatoms. The van der Waals surface area contributed by atoms with Crippen molar-refractivity contribution in [3.8, 4) is 0 Å². The number of aryl methyl sites for hydroxylation is 1. The predicted octanol–water partition coefficient (Wildman–Crippen LogP) is 4.74. The van der Waals surface area contributed by atoms with E-state index in [4.69, 9.17) is 4.43 Å². The Bertz CT molecular complexity index is 931. The van der Waals surface area contributed by atoms with Crippen molar-refractivity contribution in [3.05, 3.63) is 126 Å². The van der Waals surface area contributed by atoms with Gasteiger partial charge in [0.25, 0.3) is 8.32 Å².